The first-order valence-corrected chi connectivity index (χ1v) is 5.39. The van der Waals surface area contributed by atoms with Crippen LogP contribution in [-0.4, -0.2) is 28.0 Å². The number of carbonyl (C=O) groups is 1. The van der Waals surface area contributed by atoms with Crippen LogP contribution in [0.5, 0.6) is 0 Å². The molecule has 1 heterocycles. The number of H-pyrrole nitrogens is 1. The van der Waals surface area contributed by atoms with Crippen molar-refractivity contribution in [2.45, 2.75) is 33.2 Å². The number of carbonyl (C=O) groups excluding carboxylic acids is 1. The predicted octanol–water partition coefficient (Wildman–Crippen LogP) is 1.03. The summed E-state index contributed by atoms with van der Waals surface area (Å²) in [6, 6.07) is -0.293. The number of nitrogens with one attached hydrogen (secondary N) is 1. The SMILES string of the molecule is CCOC(=O)c1n[nH]nc1C(N)CC(C)C. The number of nitrogens with zero attached hydrogens (tertiary/aromatic N) is 2. The van der Waals surface area contributed by atoms with E-state index in [9.17, 15) is 4.79 Å². The number of rotatable bonds is 5. The van der Waals surface area contributed by atoms with E-state index in [-0.39, 0.29) is 11.7 Å². The second kappa shape index (κ2) is 5.60. The maximum atomic E-state index is 11.5. The van der Waals surface area contributed by atoms with Crippen molar-refractivity contribution in [2.75, 3.05) is 6.61 Å². The van der Waals surface area contributed by atoms with Crippen LogP contribution in [0.4, 0.5) is 0 Å². The molecule has 16 heavy (non-hydrogen) atoms. The van der Waals surface area contributed by atoms with Gasteiger partial charge in [-0.25, -0.2) is 4.79 Å². The highest BCUT2D eigenvalue weighted by Crippen LogP contribution is 2.19. The van der Waals surface area contributed by atoms with Crippen molar-refractivity contribution in [3.05, 3.63) is 11.4 Å². The Morgan fingerprint density at radius 3 is 2.75 bits per heavy atom. The van der Waals surface area contributed by atoms with E-state index in [2.05, 4.69) is 29.3 Å². The van der Waals surface area contributed by atoms with Crippen LogP contribution in [0.15, 0.2) is 0 Å². The molecule has 0 saturated carbocycles. The summed E-state index contributed by atoms with van der Waals surface area (Å²) in [6.45, 7) is 6.17. The summed E-state index contributed by atoms with van der Waals surface area (Å²) in [5.41, 5.74) is 6.61. The van der Waals surface area contributed by atoms with Gasteiger partial charge in [0, 0.05) is 0 Å². The Hall–Kier alpha value is -1.43. The van der Waals surface area contributed by atoms with Crippen LogP contribution in [0.25, 0.3) is 0 Å². The molecule has 0 aliphatic carbocycles. The Labute approximate surface area is 94.6 Å². The largest absolute Gasteiger partial charge is 0.461 e. The van der Waals surface area contributed by atoms with Crippen LogP contribution in [-0.2, 0) is 4.74 Å². The predicted molar refractivity (Wildman–Crippen MR) is 58.7 cm³/mol. The van der Waals surface area contributed by atoms with E-state index in [0.717, 1.165) is 6.42 Å². The molecule has 6 nitrogen and oxygen atoms in total. The van der Waals surface area contributed by atoms with E-state index in [1.807, 2.05) is 0 Å². The summed E-state index contributed by atoms with van der Waals surface area (Å²) >= 11 is 0. The first-order valence-electron chi connectivity index (χ1n) is 5.39. The van der Waals surface area contributed by atoms with Crippen molar-refractivity contribution in [3.8, 4) is 0 Å². The molecule has 1 atom stereocenters. The summed E-state index contributed by atoms with van der Waals surface area (Å²) in [7, 11) is 0. The zero-order chi connectivity index (χ0) is 12.1. The Bertz CT molecular complexity index is 348. The topological polar surface area (TPSA) is 93.9 Å². The zero-order valence-electron chi connectivity index (χ0n) is 9.86. The van der Waals surface area contributed by atoms with Gasteiger partial charge in [0.05, 0.1) is 12.6 Å². The third-order valence-electron chi connectivity index (χ3n) is 2.12. The van der Waals surface area contributed by atoms with E-state index in [0.29, 0.717) is 18.2 Å². The molecule has 0 spiro atoms. The van der Waals surface area contributed by atoms with Gasteiger partial charge in [0.25, 0.3) is 0 Å². The number of esters is 1. The lowest BCUT2D eigenvalue weighted by Crippen LogP contribution is -2.18. The second-order valence-electron chi connectivity index (χ2n) is 4.01. The highest BCUT2D eigenvalue weighted by atomic mass is 16.5. The third-order valence-corrected chi connectivity index (χ3v) is 2.12. The second-order valence-corrected chi connectivity index (χ2v) is 4.01. The molecule has 0 amide bonds. The van der Waals surface area contributed by atoms with Crippen LogP contribution in [0, 0.1) is 5.92 Å². The van der Waals surface area contributed by atoms with Crippen LogP contribution < -0.4 is 5.73 Å². The Kier molecular flexibility index (Phi) is 4.42. The lowest BCUT2D eigenvalue weighted by Gasteiger charge is -2.11. The zero-order valence-corrected chi connectivity index (χ0v) is 9.86. The van der Waals surface area contributed by atoms with Gasteiger partial charge >= 0.3 is 5.97 Å². The van der Waals surface area contributed by atoms with Crippen LogP contribution in [0.3, 0.4) is 0 Å². The van der Waals surface area contributed by atoms with Crippen molar-refractivity contribution in [1.29, 1.82) is 0 Å². The van der Waals surface area contributed by atoms with E-state index in [1.54, 1.807) is 6.92 Å². The maximum absolute atomic E-state index is 11.5. The smallest absolute Gasteiger partial charge is 0.360 e. The Balaban J connectivity index is 2.81. The van der Waals surface area contributed by atoms with Crippen molar-refractivity contribution in [1.82, 2.24) is 15.4 Å². The minimum Gasteiger partial charge on any atom is -0.461 e. The monoisotopic (exact) mass is 226 g/mol. The molecular formula is C10H18N4O2. The fraction of sp³-hybridized carbons (Fsp3) is 0.700. The fourth-order valence-corrected chi connectivity index (χ4v) is 1.47. The normalized spacial score (nSPS) is 12.8. The maximum Gasteiger partial charge on any atom is 0.360 e. The molecule has 6 heteroatoms. The van der Waals surface area contributed by atoms with E-state index >= 15 is 0 Å². The molecule has 3 N–H and O–H groups in total. The van der Waals surface area contributed by atoms with Gasteiger partial charge in [-0.2, -0.15) is 10.3 Å². The molecule has 0 aromatic carbocycles. The van der Waals surface area contributed by atoms with Gasteiger partial charge < -0.3 is 10.5 Å². The van der Waals surface area contributed by atoms with Crippen LogP contribution in [0.2, 0.25) is 0 Å². The molecule has 0 fully saturated rings. The average molecular weight is 226 g/mol. The average Bonchev–Trinajstić information content (AvgIpc) is 2.65. The molecule has 1 aromatic heterocycles. The highest BCUT2D eigenvalue weighted by molar-refractivity contribution is 5.88. The number of aromatic amines is 1. The molecule has 1 rings (SSSR count). The number of hydrogen-bond donors (Lipinski definition) is 2. The lowest BCUT2D eigenvalue weighted by atomic mass is 10.0. The minimum absolute atomic E-state index is 0.190. The first-order chi connectivity index (χ1) is 7.56. The Morgan fingerprint density at radius 2 is 2.19 bits per heavy atom. The molecule has 1 aromatic rings. The molecule has 1 unspecified atom stereocenters. The molecule has 0 radical (unpaired) electrons. The van der Waals surface area contributed by atoms with E-state index < -0.39 is 5.97 Å². The number of nitrogens with two attached hydrogens (primary N) is 1. The van der Waals surface area contributed by atoms with E-state index in [1.165, 1.54) is 0 Å². The standard InChI is InChI=1S/C10H18N4O2/c1-4-16-10(15)9-8(12-14-13-9)7(11)5-6(2)3/h6-7H,4-5,11H2,1-3H3,(H,12,13,14). The summed E-state index contributed by atoms with van der Waals surface area (Å²) in [5.74, 6) is -0.0489. The van der Waals surface area contributed by atoms with Crippen LogP contribution in [0.1, 0.15) is 49.4 Å². The highest BCUT2D eigenvalue weighted by Gasteiger charge is 2.22. The molecular weight excluding hydrogens is 208 g/mol. The summed E-state index contributed by atoms with van der Waals surface area (Å²) in [5, 5.41) is 10.1. The van der Waals surface area contributed by atoms with Gasteiger partial charge in [0.1, 0.15) is 5.69 Å². The molecule has 0 bridgehead atoms. The van der Waals surface area contributed by atoms with Crippen LogP contribution >= 0.6 is 0 Å². The van der Waals surface area contributed by atoms with Gasteiger partial charge in [-0.3, -0.25) is 0 Å². The van der Waals surface area contributed by atoms with Gasteiger partial charge in [-0.15, -0.1) is 5.10 Å². The number of hydrogen-bond acceptors (Lipinski definition) is 5. The van der Waals surface area contributed by atoms with Crippen molar-refractivity contribution in [3.63, 3.8) is 0 Å². The van der Waals surface area contributed by atoms with Gasteiger partial charge in [0.2, 0.25) is 0 Å². The summed E-state index contributed by atoms with van der Waals surface area (Å²) < 4.78 is 4.87. The van der Waals surface area contributed by atoms with Crippen molar-refractivity contribution < 1.29 is 9.53 Å². The Morgan fingerprint density at radius 1 is 1.50 bits per heavy atom. The minimum atomic E-state index is -0.481. The summed E-state index contributed by atoms with van der Waals surface area (Å²) in [6.07, 6.45) is 0.749. The molecule has 0 aliphatic heterocycles. The van der Waals surface area contributed by atoms with Crippen molar-refractivity contribution >= 4 is 5.97 Å². The quantitative estimate of drug-likeness (QED) is 0.731. The number of ether oxygens (including phenoxy) is 1. The fourth-order valence-electron chi connectivity index (χ4n) is 1.47. The number of aromatic nitrogens is 3. The molecule has 0 saturated heterocycles. The third kappa shape index (κ3) is 3.03. The molecule has 90 valence electrons. The van der Waals surface area contributed by atoms with Gasteiger partial charge in [0.15, 0.2) is 5.69 Å². The molecule has 0 aliphatic rings. The van der Waals surface area contributed by atoms with Gasteiger partial charge in [-0.05, 0) is 19.3 Å². The first kappa shape index (κ1) is 12.6. The van der Waals surface area contributed by atoms with Crippen molar-refractivity contribution in [2.24, 2.45) is 11.7 Å². The summed E-state index contributed by atoms with van der Waals surface area (Å²) in [4.78, 5) is 11.5. The van der Waals surface area contributed by atoms with Gasteiger partial charge in [-0.1, -0.05) is 13.8 Å². The lowest BCUT2D eigenvalue weighted by molar-refractivity contribution is 0.0517. The van der Waals surface area contributed by atoms with E-state index in [4.69, 9.17) is 10.5 Å².